The molecule has 0 bridgehead atoms. The molecular formula is C14H14ClFN2O. The third-order valence-electron chi connectivity index (χ3n) is 2.65. The smallest absolute Gasteiger partial charge is 0.256 e. The minimum absolute atomic E-state index is 0.0329. The zero-order valence-electron chi connectivity index (χ0n) is 10.7. The highest BCUT2D eigenvalue weighted by atomic mass is 35.5. The number of nitrogens with zero attached hydrogens (tertiary/aromatic N) is 1. The number of benzene rings is 1. The summed E-state index contributed by atoms with van der Waals surface area (Å²) >= 11 is 5.93. The molecule has 0 amide bonds. The molecule has 1 heterocycles. The molecular weight excluding hydrogens is 267 g/mol. The Morgan fingerprint density at radius 3 is 2.84 bits per heavy atom. The Kier molecular flexibility index (Phi) is 4.35. The fraction of sp³-hybridized carbons (Fsp3) is 0.214. The Morgan fingerprint density at radius 2 is 2.16 bits per heavy atom. The molecule has 1 aromatic heterocycles. The summed E-state index contributed by atoms with van der Waals surface area (Å²) in [5, 5.41) is 3.53. The van der Waals surface area contributed by atoms with E-state index in [1.807, 2.05) is 6.92 Å². The Morgan fingerprint density at radius 1 is 1.37 bits per heavy atom. The van der Waals surface area contributed by atoms with Gasteiger partial charge in [0.2, 0.25) is 0 Å². The lowest BCUT2D eigenvalue weighted by Crippen LogP contribution is -2.08. The van der Waals surface area contributed by atoms with Gasteiger partial charge >= 0.3 is 0 Å². The van der Waals surface area contributed by atoms with Crippen LogP contribution in [0.2, 0.25) is 5.02 Å². The maximum Gasteiger partial charge on any atom is 0.256 e. The highest BCUT2D eigenvalue weighted by molar-refractivity contribution is 6.31. The fourth-order valence-corrected chi connectivity index (χ4v) is 1.77. The van der Waals surface area contributed by atoms with Gasteiger partial charge in [0.1, 0.15) is 5.75 Å². The zero-order valence-corrected chi connectivity index (χ0v) is 11.5. The standard InChI is InChI=1S/C14H14ClFN2O/c1-9-7-11(3-4-12(9)15)19-14-13(16)10(8-17-2)5-6-18-14/h3-7,17H,8H2,1-2H3. The van der Waals surface area contributed by atoms with E-state index in [4.69, 9.17) is 16.3 Å². The molecule has 0 unspecified atom stereocenters. The summed E-state index contributed by atoms with van der Waals surface area (Å²) in [6, 6.07) is 6.75. The quantitative estimate of drug-likeness (QED) is 0.927. The molecule has 0 saturated carbocycles. The predicted octanol–water partition coefficient (Wildman–Crippen LogP) is 3.69. The van der Waals surface area contributed by atoms with E-state index in [0.717, 1.165) is 5.56 Å². The normalized spacial score (nSPS) is 10.5. The Bertz CT molecular complexity index is 590. The van der Waals surface area contributed by atoms with E-state index in [-0.39, 0.29) is 5.88 Å². The average Bonchev–Trinajstić information content (AvgIpc) is 2.39. The van der Waals surface area contributed by atoms with Crippen LogP contribution >= 0.6 is 11.6 Å². The minimum atomic E-state index is -0.454. The lowest BCUT2D eigenvalue weighted by molar-refractivity contribution is 0.418. The van der Waals surface area contributed by atoms with E-state index in [9.17, 15) is 4.39 Å². The van der Waals surface area contributed by atoms with E-state index >= 15 is 0 Å². The second kappa shape index (κ2) is 5.99. The molecule has 100 valence electrons. The van der Waals surface area contributed by atoms with Crippen LogP contribution in [-0.2, 0) is 6.54 Å². The number of ether oxygens (including phenoxy) is 1. The monoisotopic (exact) mass is 280 g/mol. The first kappa shape index (κ1) is 13.8. The topological polar surface area (TPSA) is 34.2 Å². The maximum absolute atomic E-state index is 14.1. The first-order valence-corrected chi connectivity index (χ1v) is 6.21. The number of nitrogens with one attached hydrogen (secondary N) is 1. The number of halogens is 2. The highest BCUT2D eigenvalue weighted by Crippen LogP contribution is 2.27. The third-order valence-corrected chi connectivity index (χ3v) is 3.07. The summed E-state index contributed by atoms with van der Waals surface area (Å²) in [7, 11) is 1.75. The van der Waals surface area contributed by atoms with Crippen LogP contribution < -0.4 is 10.1 Å². The van der Waals surface area contributed by atoms with Gasteiger partial charge in [-0.15, -0.1) is 0 Å². The second-order valence-corrected chi connectivity index (χ2v) is 4.54. The van der Waals surface area contributed by atoms with Gasteiger partial charge in [-0.25, -0.2) is 9.37 Å². The van der Waals surface area contributed by atoms with Gasteiger partial charge in [0.15, 0.2) is 5.82 Å². The molecule has 0 aliphatic heterocycles. The Labute approximate surface area is 116 Å². The van der Waals surface area contributed by atoms with Crippen molar-refractivity contribution in [2.75, 3.05) is 7.05 Å². The fourth-order valence-electron chi connectivity index (χ4n) is 1.65. The van der Waals surface area contributed by atoms with Gasteiger partial charge in [-0.3, -0.25) is 0 Å². The van der Waals surface area contributed by atoms with Gasteiger partial charge in [-0.05, 0) is 43.8 Å². The van der Waals surface area contributed by atoms with E-state index in [0.29, 0.717) is 22.9 Å². The molecule has 0 fully saturated rings. The molecule has 0 radical (unpaired) electrons. The van der Waals surface area contributed by atoms with Gasteiger partial charge in [0.25, 0.3) is 5.88 Å². The van der Waals surface area contributed by atoms with Crippen LogP contribution in [0, 0.1) is 12.7 Å². The number of rotatable bonds is 4. The average molecular weight is 281 g/mol. The van der Waals surface area contributed by atoms with Crippen molar-refractivity contribution in [1.82, 2.24) is 10.3 Å². The summed E-state index contributed by atoms with van der Waals surface area (Å²) in [4.78, 5) is 3.91. The van der Waals surface area contributed by atoms with Crippen molar-refractivity contribution in [2.45, 2.75) is 13.5 Å². The Hall–Kier alpha value is -1.65. The van der Waals surface area contributed by atoms with E-state index < -0.39 is 5.82 Å². The van der Waals surface area contributed by atoms with Crippen molar-refractivity contribution in [2.24, 2.45) is 0 Å². The van der Waals surface area contributed by atoms with E-state index in [1.165, 1.54) is 6.20 Å². The SMILES string of the molecule is CNCc1ccnc(Oc2ccc(Cl)c(C)c2)c1F. The molecule has 0 aliphatic carbocycles. The number of aromatic nitrogens is 1. The molecule has 2 rings (SSSR count). The summed E-state index contributed by atoms with van der Waals surface area (Å²) in [6.45, 7) is 2.28. The maximum atomic E-state index is 14.1. The van der Waals surface area contributed by atoms with Crippen LogP contribution in [0.4, 0.5) is 4.39 Å². The summed E-state index contributed by atoms with van der Waals surface area (Å²) in [6.07, 6.45) is 1.52. The highest BCUT2D eigenvalue weighted by Gasteiger charge is 2.11. The van der Waals surface area contributed by atoms with Crippen molar-refractivity contribution in [3.05, 3.63) is 52.4 Å². The molecule has 0 aliphatic rings. The first-order valence-electron chi connectivity index (χ1n) is 5.84. The molecule has 2 aromatic rings. The van der Waals surface area contributed by atoms with Gasteiger partial charge in [-0.2, -0.15) is 0 Å². The Balaban J connectivity index is 2.27. The first-order chi connectivity index (χ1) is 9.11. The molecule has 0 atom stereocenters. The minimum Gasteiger partial charge on any atom is -0.436 e. The zero-order chi connectivity index (χ0) is 13.8. The lowest BCUT2D eigenvalue weighted by atomic mass is 10.2. The summed E-state index contributed by atoms with van der Waals surface area (Å²) in [5.41, 5.74) is 1.38. The molecule has 19 heavy (non-hydrogen) atoms. The molecule has 1 aromatic carbocycles. The van der Waals surface area contributed by atoms with Gasteiger partial charge in [0, 0.05) is 23.3 Å². The molecule has 3 nitrogen and oxygen atoms in total. The van der Waals surface area contributed by atoms with Crippen LogP contribution in [0.15, 0.2) is 30.5 Å². The van der Waals surface area contributed by atoms with Crippen LogP contribution in [0.5, 0.6) is 11.6 Å². The lowest BCUT2D eigenvalue weighted by Gasteiger charge is -2.09. The second-order valence-electron chi connectivity index (χ2n) is 4.13. The van der Waals surface area contributed by atoms with Gasteiger partial charge in [-0.1, -0.05) is 11.6 Å². The number of aryl methyl sites for hydroxylation is 1. The number of hydrogen-bond acceptors (Lipinski definition) is 3. The van der Waals surface area contributed by atoms with Crippen LogP contribution in [0.25, 0.3) is 0 Å². The molecule has 1 N–H and O–H groups in total. The number of hydrogen-bond donors (Lipinski definition) is 1. The van der Waals surface area contributed by atoms with Crippen molar-refractivity contribution in [3.63, 3.8) is 0 Å². The van der Waals surface area contributed by atoms with E-state index in [2.05, 4.69) is 10.3 Å². The van der Waals surface area contributed by atoms with Gasteiger partial charge in [0.05, 0.1) is 0 Å². The largest absolute Gasteiger partial charge is 0.436 e. The summed E-state index contributed by atoms with van der Waals surface area (Å²) in [5.74, 6) is 0.0221. The summed E-state index contributed by atoms with van der Waals surface area (Å²) < 4.78 is 19.5. The van der Waals surface area contributed by atoms with Crippen molar-refractivity contribution in [1.29, 1.82) is 0 Å². The molecule has 0 saturated heterocycles. The van der Waals surface area contributed by atoms with Crippen LogP contribution in [0.3, 0.4) is 0 Å². The van der Waals surface area contributed by atoms with Crippen LogP contribution in [0.1, 0.15) is 11.1 Å². The molecule has 0 spiro atoms. The van der Waals surface area contributed by atoms with Crippen molar-refractivity contribution in [3.8, 4) is 11.6 Å². The third kappa shape index (κ3) is 3.22. The van der Waals surface area contributed by atoms with E-state index in [1.54, 1.807) is 31.3 Å². The molecule has 5 heteroatoms. The van der Waals surface area contributed by atoms with Crippen molar-refractivity contribution < 1.29 is 9.13 Å². The van der Waals surface area contributed by atoms with Gasteiger partial charge < -0.3 is 10.1 Å². The number of pyridine rings is 1. The van der Waals surface area contributed by atoms with Crippen molar-refractivity contribution >= 4 is 11.6 Å². The predicted molar refractivity (Wildman–Crippen MR) is 73.2 cm³/mol. The van der Waals surface area contributed by atoms with Crippen LogP contribution in [-0.4, -0.2) is 12.0 Å².